The molecule has 2 bridgehead atoms. The first-order chi connectivity index (χ1) is 21.6. The van der Waals surface area contributed by atoms with Crippen LogP contribution in [0.25, 0.3) is 33.2 Å². The Balaban J connectivity index is 1.33. The van der Waals surface area contributed by atoms with Crippen molar-refractivity contribution in [3.63, 3.8) is 0 Å². The monoisotopic (exact) mass is 581 g/mol. The molecule has 0 N–H and O–H groups in total. The summed E-state index contributed by atoms with van der Waals surface area (Å²) in [5, 5.41) is 1.20. The Kier molecular flexibility index (Phi) is 7.69. The molecule has 8 rings (SSSR count). The van der Waals surface area contributed by atoms with Crippen LogP contribution in [0, 0.1) is 11.8 Å². The molecule has 3 saturated heterocycles. The first-order valence-electron chi connectivity index (χ1n) is 15.8. The highest BCUT2D eigenvalue weighted by Gasteiger charge is 2.51. The molecule has 0 saturated carbocycles. The highest BCUT2D eigenvalue weighted by molar-refractivity contribution is 5.84. The lowest BCUT2D eigenvalue weighted by molar-refractivity contribution is -0.981. The molecule has 222 valence electrons. The van der Waals surface area contributed by atoms with Crippen LogP contribution in [-0.4, -0.2) is 42.8 Å². The van der Waals surface area contributed by atoms with E-state index < -0.39 is 0 Å². The summed E-state index contributed by atoms with van der Waals surface area (Å²) < 4.78 is 12.8. The van der Waals surface area contributed by atoms with Crippen LogP contribution in [-0.2, 0) is 13.0 Å². The smallest absolute Gasteiger partial charge is 0.134 e. The fourth-order valence-electron chi connectivity index (χ4n) is 8.08. The van der Waals surface area contributed by atoms with Crippen molar-refractivity contribution in [2.45, 2.75) is 31.8 Å². The van der Waals surface area contributed by atoms with Crippen molar-refractivity contribution in [3.05, 3.63) is 127 Å². The molecule has 3 aliphatic rings. The van der Waals surface area contributed by atoms with Gasteiger partial charge in [0, 0.05) is 53.5 Å². The average Bonchev–Trinajstić information content (AvgIpc) is 3.09. The maximum Gasteiger partial charge on any atom is 0.134 e. The summed E-state index contributed by atoms with van der Waals surface area (Å²) in [4.78, 5) is 4.68. The summed E-state index contributed by atoms with van der Waals surface area (Å²) in [7, 11) is 3.53. The molecule has 4 unspecified atom stereocenters. The Morgan fingerprint density at radius 2 is 1.57 bits per heavy atom. The molecule has 4 atom stereocenters. The van der Waals surface area contributed by atoms with Gasteiger partial charge in [0.05, 0.1) is 38.9 Å². The SMILES string of the molecule is C=CC1C[N+]2(Cc3cc(-c4ccccc4)c(OC)c(-c4ccccc4)c3)CCC1CC2Cc1ccnc2ccc(OC)cc12. The second-order valence-electron chi connectivity index (χ2n) is 12.6. The number of rotatable bonds is 9. The van der Waals surface area contributed by atoms with Crippen molar-refractivity contribution in [2.75, 3.05) is 27.3 Å². The van der Waals surface area contributed by atoms with Gasteiger partial charge in [-0.05, 0) is 59.0 Å². The molecule has 0 aliphatic carbocycles. The van der Waals surface area contributed by atoms with Crippen LogP contribution in [0.4, 0.5) is 0 Å². The van der Waals surface area contributed by atoms with Crippen LogP contribution in [0.2, 0.25) is 0 Å². The minimum Gasteiger partial charge on any atom is -0.497 e. The fourth-order valence-corrected chi connectivity index (χ4v) is 8.08. The van der Waals surface area contributed by atoms with E-state index in [1.54, 1.807) is 14.2 Å². The van der Waals surface area contributed by atoms with Crippen molar-refractivity contribution in [2.24, 2.45) is 11.8 Å². The maximum atomic E-state index is 6.15. The molecule has 4 nitrogen and oxygen atoms in total. The molecule has 4 heterocycles. The zero-order valence-corrected chi connectivity index (χ0v) is 25.8. The van der Waals surface area contributed by atoms with Crippen molar-refractivity contribution >= 4 is 10.9 Å². The quantitative estimate of drug-likeness (QED) is 0.129. The summed E-state index contributed by atoms with van der Waals surface area (Å²) in [6.45, 7) is 7.61. The van der Waals surface area contributed by atoms with E-state index in [1.807, 2.05) is 12.3 Å². The van der Waals surface area contributed by atoms with E-state index in [2.05, 4.69) is 109 Å². The van der Waals surface area contributed by atoms with E-state index in [-0.39, 0.29) is 0 Å². The fraction of sp³-hybridized carbons (Fsp3) is 0.275. The van der Waals surface area contributed by atoms with Gasteiger partial charge in [-0.1, -0.05) is 66.7 Å². The summed E-state index contributed by atoms with van der Waals surface area (Å²) in [5.41, 5.74) is 8.42. The van der Waals surface area contributed by atoms with Gasteiger partial charge in [-0.3, -0.25) is 4.98 Å². The Morgan fingerprint density at radius 3 is 2.20 bits per heavy atom. The molecule has 4 heteroatoms. The second-order valence-corrected chi connectivity index (χ2v) is 12.6. The van der Waals surface area contributed by atoms with Crippen LogP contribution in [0.3, 0.4) is 0 Å². The standard InChI is InChI=1S/C40H41N2O2/c1-4-29-27-42(20-18-32(29)23-34(42)24-33-17-19-41-39-16-15-35(43-2)25-36(33)39)26-28-21-37(30-11-7-5-8-12-30)40(44-3)38(22-28)31-13-9-6-10-14-31/h4-17,19,21-22,25,29,32,34H,1,18,20,23-24,26-27H2,2-3H3/q+1. The van der Waals surface area contributed by atoms with Gasteiger partial charge in [0.2, 0.25) is 0 Å². The number of piperidine rings is 3. The zero-order chi connectivity index (χ0) is 30.1. The van der Waals surface area contributed by atoms with Crippen LogP contribution >= 0.6 is 0 Å². The van der Waals surface area contributed by atoms with Gasteiger partial charge in [-0.15, -0.1) is 6.58 Å². The number of fused-ring (bicyclic) bond motifs is 4. The van der Waals surface area contributed by atoms with Crippen molar-refractivity contribution in [1.29, 1.82) is 0 Å². The van der Waals surface area contributed by atoms with E-state index in [9.17, 15) is 0 Å². The summed E-state index contributed by atoms with van der Waals surface area (Å²) in [6, 6.07) is 35.1. The third kappa shape index (κ3) is 5.18. The number of methoxy groups -OCH3 is 2. The second kappa shape index (κ2) is 11.9. The van der Waals surface area contributed by atoms with Crippen LogP contribution in [0.1, 0.15) is 24.0 Å². The number of pyridine rings is 1. The lowest BCUT2D eigenvalue weighted by Gasteiger charge is -2.57. The van der Waals surface area contributed by atoms with Crippen LogP contribution in [0.15, 0.2) is 116 Å². The highest BCUT2D eigenvalue weighted by atomic mass is 16.5. The summed E-state index contributed by atoms with van der Waals surface area (Å²) in [5.74, 6) is 3.07. The van der Waals surface area contributed by atoms with Gasteiger partial charge in [0.25, 0.3) is 0 Å². The minimum absolute atomic E-state index is 0.518. The third-order valence-electron chi connectivity index (χ3n) is 10.3. The lowest BCUT2D eigenvalue weighted by atomic mass is 9.71. The van der Waals surface area contributed by atoms with Gasteiger partial charge >= 0.3 is 0 Å². The first kappa shape index (κ1) is 28.4. The van der Waals surface area contributed by atoms with Crippen LogP contribution in [0.5, 0.6) is 11.5 Å². The number of aromatic nitrogens is 1. The first-order valence-corrected chi connectivity index (χ1v) is 15.8. The molecule has 3 fully saturated rings. The van der Waals surface area contributed by atoms with E-state index in [0.717, 1.165) is 52.1 Å². The number of hydrogen-bond acceptors (Lipinski definition) is 3. The van der Waals surface area contributed by atoms with Gasteiger partial charge in [-0.2, -0.15) is 0 Å². The number of quaternary nitrogens is 1. The zero-order valence-electron chi connectivity index (χ0n) is 25.8. The average molecular weight is 582 g/mol. The number of ether oxygens (including phenoxy) is 2. The van der Waals surface area contributed by atoms with Crippen LogP contribution < -0.4 is 9.47 Å². The van der Waals surface area contributed by atoms with Gasteiger partial charge in [0.15, 0.2) is 0 Å². The Hall–Kier alpha value is -4.41. The Bertz CT molecular complexity index is 1720. The normalized spacial score (nSPS) is 22.5. The molecule has 44 heavy (non-hydrogen) atoms. The third-order valence-corrected chi connectivity index (χ3v) is 10.3. The van der Waals surface area contributed by atoms with E-state index in [4.69, 9.17) is 9.47 Å². The van der Waals surface area contributed by atoms with E-state index in [0.29, 0.717) is 17.9 Å². The number of hydrogen-bond donors (Lipinski definition) is 0. The van der Waals surface area contributed by atoms with E-state index >= 15 is 0 Å². The van der Waals surface area contributed by atoms with Crippen molar-refractivity contribution in [1.82, 2.24) is 4.98 Å². The Labute approximate surface area is 261 Å². The number of benzene rings is 4. The minimum atomic E-state index is 0.518. The molecule has 4 aromatic carbocycles. The predicted octanol–water partition coefficient (Wildman–Crippen LogP) is 8.74. The summed E-state index contributed by atoms with van der Waals surface area (Å²) >= 11 is 0. The van der Waals surface area contributed by atoms with Gasteiger partial charge in [0.1, 0.15) is 18.0 Å². The lowest BCUT2D eigenvalue weighted by Crippen LogP contribution is -2.66. The van der Waals surface area contributed by atoms with Crippen molar-refractivity contribution < 1.29 is 14.0 Å². The van der Waals surface area contributed by atoms with Gasteiger partial charge < -0.3 is 14.0 Å². The molecular formula is C40H41N2O2+. The molecular weight excluding hydrogens is 540 g/mol. The highest BCUT2D eigenvalue weighted by Crippen LogP contribution is 2.47. The molecule has 5 aromatic rings. The van der Waals surface area contributed by atoms with Crippen molar-refractivity contribution in [3.8, 4) is 33.8 Å². The molecule has 1 aromatic heterocycles. The Morgan fingerprint density at radius 1 is 0.864 bits per heavy atom. The van der Waals surface area contributed by atoms with E-state index in [1.165, 1.54) is 47.0 Å². The summed E-state index contributed by atoms with van der Waals surface area (Å²) in [6.07, 6.45) is 7.71. The van der Waals surface area contributed by atoms with Gasteiger partial charge in [-0.25, -0.2) is 0 Å². The molecule has 0 amide bonds. The maximum absolute atomic E-state index is 6.15. The topological polar surface area (TPSA) is 31.4 Å². The number of nitrogens with zero attached hydrogens (tertiary/aromatic N) is 2. The molecule has 0 radical (unpaired) electrons. The largest absolute Gasteiger partial charge is 0.497 e. The molecule has 3 aliphatic heterocycles. The predicted molar refractivity (Wildman–Crippen MR) is 180 cm³/mol. The molecule has 0 spiro atoms.